The highest BCUT2D eigenvalue weighted by Crippen LogP contribution is 2.11. The number of likely N-dealkylation sites (N-methyl/N-ethyl adjacent to an activating group) is 1. The molecule has 0 aromatic heterocycles. The number of unbranched alkanes of at least 4 members (excludes halogenated alkanes) is 1. The highest BCUT2D eigenvalue weighted by atomic mass is 19.1. The zero-order chi connectivity index (χ0) is 13.5. The van der Waals surface area contributed by atoms with E-state index in [1.54, 1.807) is 12.1 Å². The van der Waals surface area contributed by atoms with Gasteiger partial charge in [-0.1, -0.05) is 20.3 Å². The first-order chi connectivity index (χ1) is 8.60. The van der Waals surface area contributed by atoms with Crippen LogP contribution >= 0.6 is 0 Å². The van der Waals surface area contributed by atoms with E-state index >= 15 is 0 Å². The summed E-state index contributed by atoms with van der Waals surface area (Å²) in [7, 11) is 0. The molecule has 1 rings (SSSR count). The summed E-state index contributed by atoms with van der Waals surface area (Å²) < 4.78 is 12.8. The van der Waals surface area contributed by atoms with Gasteiger partial charge < -0.3 is 0 Å². The number of carbonyl (C=O) groups excluding carboxylic acids is 1. The summed E-state index contributed by atoms with van der Waals surface area (Å²) in [6, 6.07) is 5.64. The van der Waals surface area contributed by atoms with E-state index in [-0.39, 0.29) is 17.6 Å². The smallest absolute Gasteiger partial charge is 0.179 e. The SMILES string of the molecule is CCCCN(CC)C(C)C(=O)c1ccc(F)cc1. The predicted molar refractivity (Wildman–Crippen MR) is 72.3 cm³/mol. The molecule has 1 unspecified atom stereocenters. The Labute approximate surface area is 109 Å². The third kappa shape index (κ3) is 3.91. The molecule has 2 nitrogen and oxygen atoms in total. The number of nitrogens with zero attached hydrogens (tertiary/aromatic N) is 1. The van der Waals surface area contributed by atoms with Gasteiger partial charge >= 0.3 is 0 Å². The Bertz CT molecular complexity index is 375. The third-order valence-electron chi connectivity index (χ3n) is 3.26. The molecule has 0 radical (unpaired) electrons. The van der Waals surface area contributed by atoms with Gasteiger partial charge in [-0.3, -0.25) is 9.69 Å². The lowest BCUT2D eigenvalue weighted by Crippen LogP contribution is -2.39. The number of benzene rings is 1. The van der Waals surface area contributed by atoms with Crippen molar-refractivity contribution in [2.75, 3.05) is 13.1 Å². The molecular formula is C15H22FNO. The first kappa shape index (κ1) is 14.8. The molecule has 100 valence electrons. The maximum Gasteiger partial charge on any atom is 0.179 e. The molecule has 0 saturated carbocycles. The van der Waals surface area contributed by atoms with Gasteiger partial charge in [0.2, 0.25) is 0 Å². The van der Waals surface area contributed by atoms with Crippen LogP contribution in [0.15, 0.2) is 24.3 Å². The first-order valence-corrected chi connectivity index (χ1v) is 6.64. The minimum Gasteiger partial charge on any atom is -0.294 e. The summed E-state index contributed by atoms with van der Waals surface area (Å²) >= 11 is 0. The fourth-order valence-corrected chi connectivity index (χ4v) is 2.01. The van der Waals surface area contributed by atoms with Crippen molar-refractivity contribution in [3.63, 3.8) is 0 Å². The largest absolute Gasteiger partial charge is 0.294 e. The van der Waals surface area contributed by atoms with Crippen molar-refractivity contribution in [1.29, 1.82) is 0 Å². The van der Waals surface area contributed by atoms with E-state index < -0.39 is 0 Å². The van der Waals surface area contributed by atoms with Gasteiger partial charge in [0.25, 0.3) is 0 Å². The van der Waals surface area contributed by atoms with Crippen LogP contribution in [0.2, 0.25) is 0 Å². The summed E-state index contributed by atoms with van der Waals surface area (Å²) in [5.41, 5.74) is 0.582. The van der Waals surface area contributed by atoms with Crippen molar-refractivity contribution in [3.05, 3.63) is 35.6 Å². The van der Waals surface area contributed by atoms with Crippen molar-refractivity contribution < 1.29 is 9.18 Å². The van der Waals surface area contributed by atoms with Crippen molar-refractivity contribution in [2.24, 2.45) is 0 Å². The summed E-state index contributed by atoms with van der Waals surface area (Å²) in [4.78, 5) is 14.4. The normalized spacial score (nSPS) is 12.7. The lowest BCUT2D eigenvalue weighted by atomic mass is 10.0. The maximum absolute atomic E-state index is 12.8. The van der Waals surface area contributed by atoms with E-state index in [0.717, 1.165) is 25.9 Å². The van der Waals surface area contributed by atoms with Gasteiger partial charge in [0.1, 0.15) is 5.82 Å². The number of carbonyl (C=O) groups is 1. The van der Waals surface area contributed by atoms with Crippen LogP contribution in [0.5, 0.6) is 0 Å². The molecule has 0 N–H and O–H groups in total. The number of hydrogen-bond donors (Lipinski definition) is 0. The standard InChI is InChI=1S/C15H22FNO/c1-4-6-11-17(5-2)12(3)15(18)13-7-9-14(16)10-8-13/h7-10,12H,4-6,11H2,1-3H3. The van der Waals surface area contributed by atoms with Crippen LogP contribution in [0.25, 0.3) is 0 Å². The molecule has 0 bridgehead atoms. The maximum atomic E-state index is 12.8. The lowest BCUT2D eigenvalue weighted by Gasteiger charge is -2.26. The zero-order valence-electron chi connectivity index (χ0n) is 11.4. The average Bonchev–Trinajstić information content (AvgIpc) is 2.39. The van der Waals surface area contributed by atoms with Crippen LogP contribution in [0, 0.1) is 5.82 Å². The molecule has 3 heteroatoms. The Morgan fingerprint density at radius 2 is 1.89 bits per heavy atom. The highest BCUT2D eigenvalue weighted by molar-refractivity contribution is 5.99. The third-order valence-corrected chi connectivity index (χ3v) is 3.26. The van der Waals surface area contributed by atoms with Crippen LogP contribution in [0.1, 0.15) is 44.0 Å². The predicted octanol–water partition coefficient (Wildman–Crippen LogP) is 3.52. The molecule has 0 aliphatic rings. The molecule has 1 aromatic rings. The Morgan fingerprint density at radius 3 is 2.39 bits per heavy atom. The van der Waals surface area contributed by atoms with Crippen molar-refractivity contribution >= 4 is 5.78 Å². The molecule has 1 aromatic carbocycles. The first-order valence-electron chi connectivity index (χ1n) is 6.64. The molecule has 0 saturated heterocycles. The molecule has 0 amide bonds. The lowest BCUT2D eigenvalue weighted by molar-refractivity contribution is 0.0843. The van der Waals surface area contributed by atoms with E-state index in [1.165, 1.54) is 12.1 Å². The van der Waals surface area contributed by atoms with E-state index in [9.17, 15) is 9.18 Å². The molecule has 0 fully saturated rings. The monoisotopic (exact) mass is 251 g/mol. The molecule has 0 aliphatic carbocycles. The van der Waals surface area contributed by atoms with Gasteiger partial charge in [0.15, 0.2) is 5.78 Å². The van der Waals surface area contributed by atoms with Crippen LogP contribution in [0.3, 0.4) is 0 Å². The second-order valence-corrected chi connectivity index (χ2v) is 4.53. The van der Waals surface area contributed by atoms with Gasteiger partial charge in [-0.25, -0.2) is 4.39 Å². The molecule has 0 spiro atoms. The Hall–Kier alpha value is -1.22. The van der Waals surface area contributed by atoms with Crippen molar-refractivity contribution in [1.82, 2.24) is 4.90 Å². The van der Waals surface area contributed by atoms with Gasteiger partial charge in [-0.15, -0.1) is 0 Å². The highest BCUT2D eigenvalue weighted by Gasteiger charge is 2.20. The van der Waals surface area contributed by atoms with Crippen LogP contribution in [0.4, 0.5) is 4.39 Å². The number of Topliss-reactive ketones (excluding diaryl/α,β-unsaturated/α-hetero) is 1. The second kappa shape index (κ2) is 7.27. The fraction of sp³-hybridized carbons (Fsp3) is 0.533. The van der Waals surface area contributed by atoms with Crippen molar-refractivity contribution in [3.8, 4) is 0 Å². The van der Waals surface area contributed by atoms with Crippen molar-refractivity contribution in [2.45, 2.75) is 39.7 Å². The molecule has 1 atom stereocenters. The fourth-order valence-electron chi connectivity index (χ4n) is 2.01. The van der Waals surface area contributed by atoms with Crippen LogP contribution in [-0.4, -0.2) is 29.8 Å². The van der Waals surface area contributed by atoms with E-state index in [1.807, 2.05) is 6.92 Å². The van der Waals surface area contributed by atoms with Crippen LogP contribution in [-0.2, 0) is 0 Å². The van der Waals surface area contributed by atoms with Crippen LogP contribution < -0.4 is 0 Å². The quantitative estimate of drug-likeness (QED) is 0.691. The number of hydrogen-bond acceptors (Lipinski definition) is 2. The Balaban J connectivity index is 2.72. The molecule has 0 aliphatic heterocycles. The minimum absolute atomic E-state index is 0.0629. The second-order valence-electron chi connectivity index (χ2n) is 4.53. The molecule has 18 heavy (non-hydrogen) atoms. The molecular weight excluding hydrogens is 229 g/mol. The molecule has 0 heterocycles. The van der Waals surface area contributed by atoms with E-state index in [4.69, 9.17) is 0 Å². The Kier molecular flexibility index (Phi) is 5.99. The average molecular weight is 251 g/mol. The van der Waals surface area contributed by atoms with Gasteiger partial charge in [0.05, 0.1) is 6.04 Å². The number of rotatable bonds is 7. The summed E-state index contributed by atoms with van der Waals surface area (Å²) in [5, 5.41) is 0. The van der Waals surface area contributed by atoms with Gasteiger partial charge in [0, 0.05) is 5.56 Å². The van der Waals surface area contributed by atoms with E-state index in [0.29, 0.717) is 5.56 Å². The van der Waals surface area contributed by atoms with Gasteiger partial charge in [-0.2, -0.15) is 0 Å². The summed E-state index contributed by atoms with van der Waals surface area (Å²) in [6.45, 7) is 7.91. The summed E-state index contributed by atoms with van der Waals surface area (Å²) in [6.07, 6.45) is 2.21. The zero-order valence-corrected chi connectivity index (χ0v) is 11.4. The summed E-state index contributed by atoms with van der Waals surface area (Å²) in [5.74, 6) is -0.245. The topological polar surface area (TPSA) is 20.3 Å². The number of ketones is 1. The number of halogens is 1. The Morgan fingerprint density at radius 1 is 1.28 bits per heavy atom. The minimum atomic E-state index is -0.308. The van der Waals surface area contributed by atoms with Gasteiger partial charge in [-0.05, 0) is 50.7 Å². The van der Waals surface area contributed by atoms with E-state index in [2.05, 4.69) is 18.7 Å².